The Kier molecular flexibility index (Phi) is 6.82. The Labute approximate surface area is 174 Å². The van der Waals surface area contributed by atoms with Crippen molar-refractivity contribution < 1.29 is 19.4 Å². The molecule has 0 aliphatic rings. The van der Waals surface area contributed by atoms with Crippen LogP contribution in [0, 0.1) is 0 Å². The Hall–Kier alpha value is -2.93. The van der Waals surface area contributed by atoms with Gasteiger partial charge in [-0.1, -0.05) is 48.0 Å². The first-order valence-corrected chi connectivity index (χ1v) is 9.27. The molecule has 0 unspecified atom stereocenters. The van der Waals surface area contributed by atoms with E-state index in [4.69, 9.17) is 21.1 Å². The summed E-state index contributed by atoms with van der Waals surface area (Å²) < 4.78 is 11.9. The minimum absolute atomic E-state index is 0.0987. The van der Waals surface area contributed by atoms with Crippen LogP contribution in [0.25, 0.3) is 17.8 Å². The maximum Gasteiger partial charge on any atom is 0.339 e. The number of hydrogen-bond acceptors (Lipinski definition) is 4. The number of ether oxygens (including phenoxy) is 2. The van der Waals surface area contributed by atoms with E-state index >= 15 is 0 Å². The minimum Gasteiger partial charge on any atom is -0.478 e. The zero-order chi connectivity index (χ0) is 20.8. The Morgan fingerprint density at radius 3 is 2.41 bits per heavy atom. The molecular weight excluding hydrogens is 392 g/mol. The summed E-state index contributed by atoms with van der Waals surface area (Å²) in [5, 5.41) is 14.8. The highest BCUT2D eigenvalue weighted by Crippen LogP contribution is 2.22. The zero-order valence-electron chi connectivity index (χ0n) is 16.1. The maximum absolute atomic E-state index is 11.8. The Morgan fingerprint density at radius 2 is 1.76 bits per heavy atom. The molecule has 1 heterocycles. The van der Waals surface area contributed by atoms with Crippen LogP contribution < -0.4 is 0 Å². The van der Waals surface area contributed by atoms with Crippen LogP contribution in [0.5, 0.6) is 0 Å². The number of aromatic carboxylic acids is 1. The van der Waals surface area contributed by atoms with Gasteiger partial charge in [0, 0.05) is 19.2 Å². The van der Waals surface area contributed by atoms with E-state index in [9.17, 15) is 9.90 Å². The van der Waals surface area contributed by atoms with E-state index in [1.807, 2.05) is 60.7 Å². The lowest BCUT2D eigenvalue weighted by molar-refractivity contribution is 0.0686. The van der Waals surface area contributed by atoms with E-state index in [1.54, 1.807) is 4.68 Å². The molecule has 0 atom stereocenters. The molecule has 29 heavy (non-hydrogen) atoms. The van der Waals surface area contributed by atoms with Crippen molar-refractivity contribution in [3.8, 4) is 5.69 Å². The molecule has 3 rings (SSSR count). The minimum atomic E-state index is -1.06. The molecule has 0 saturated heterocycles. The van der Waals surface area contributed by atoms with Crippen LogP contribution in [0.2, 0.25) is 5.02 Å². The van der Waals surface area contributed by atoms with E-state index in [-0.39, 0.29) is 18.8 Å². The highest BCUT2D eigenvalue weighted by atomic mass is 35.5. The number of hydrogen-bond donors (Lipinski definition) is 1. The molecule has 0 radical (unpaired) electrons. The van der Waals surface area contributed by atoms with Gasteiger partial charge in [0.05, 0.1) is 24.6 Å². The lowest BCUT2D eigenvalue weighted by Gasteiger charge is -2.08. The highest BCUT2D eigenvalue weighted by molar-refractivity contribution is 6.30. The number of halogens is 1. The number of aromatic nitrogens is 2. The Bertz CT molecular complexity index is 1030. The van der Waals surface area contributed by atoms with Crippen molar-refractivity contribution in [3.63, 3.8) is 0 Å². The third kappa shape index (κ3) is 4.92. The lowest BCUT2D eigenvalue weighted by Crippen LogP contribution is -2.08. The fourth-order valence-corrected chi connectivity index (χ4v) is 3.12. The molecule has 0 bridgehead atoms. The third-order valence-corrected chi connectivity index (χ3v) is 4.53. The van der Waals surface area contributed by atoms with Gasteiger partial charge >= 0.3 is 5.97 Å². The molecule has 1 N–H and O–H groups in total. The average Bonchev–Trinajstić information content (AvgIpc) is 3.07. The van der Waals surface area contributed by atoms with E-state index < -0.39 is 5.97 Å². The zero-order valence-corrected chi connectivity index (χ0v) is 16.9. The summed E-state index contributed by atoms with van der Waals surface area (Å²) in [6.45, 7) is 0.213. The third-order valence-electron chi connectivity index (χ3n) is 4.28. The molecule has 150 valence electrons. The predicted octanol–water partition coefficient (Wildman–Crippen LogP) is 4.69. The van der Waals surface area contributed by atoms with Gasteiger partial charge in [-0.15, -0.1) is 0 Å². The van der Waals surface area contributed by atoms with Crippen molar-refractivity contribution >= 4 is 29.7 Å². The first kappa shape index (κ1) is 20.8. The number of carboxylic acid groups (broad SMARTS) is 1. The van der Waals surface area contributed by atoms with E-state index in [0.717, 1.165) is 16.8 Å². The molecule has 3 aromatic rings. The second-order valence-corrected chi connectivity index (χ2v) is 6.77. The maximum atomic E-state index is 11.8. The highest BCUT2D eigenvalue weighted by Gasteiger charge is 2.24. The van der Waals surface area contributed by atoms with Crippen LogP contribution >= 0.6 is 11.6 Å². The van der Waals surface area contributed by atoms with E-state index in [2.05, 4.69) is 5.10 Å². The van der Waals surface area contributed by atoms with Crippen molar-refractivity contribution in [2.45, 2.75) is 13.2 Å². The molecule has 2 aromatic carbocycles. The van der Waals surface area contributed by atoms with Gasteiger partial charge in [-0.25, -0.2) is 9.48 Å². The SMILES string of the molecule is COCc1nn(-c2cccc(C=Cc3ccc(Cl)cc3)c2)c(COC)c1C(=O)O. The van der Waals surface area contributed by atoms with Gasteiger partial charge in [0.15, 0.2) is 0 Å². The lowest BCUT2D eigenvalue weighted by atomic mass is 10.1. The molecule has 0 aliphatic carbocycles. The van der Waals surface area contributed by atoms with Gasteiger partial charge in [-0.05, 0) is 35.4 Å². The molecule has 0 saturated carbocycles. The van der Waals surface area contributed by atoms with Crippen molar-refractivity contribution in [1.29, 1.82) is 0 Å². The summed E-state index contributed by atoms with van der Waals surface area (Å²) in [6, 6.07) is 15.2. The summed E-state index contributed by atoms with van der Waals surface area (Å²) in [6.07, 6.45) is 3.95. The monoisotopic (exact) mass is 412 g/mol. The first-order valence-electron chi connectivity index (χ1n) is 8.89. The quantitative estimate of drug-likeness (QED) is 0.543. The van der Waals surface area contributed by atoms with Crippen LogP contribution in [-0.4, -0.2) is 35.1 Å². The average molecular weight is 413 g/mol. The van der Waals surface area contributed by atoms with E-state index in [1.165, 1.54) is 14.2 Å². The molecule has 0 amide bonds. The standard InChI is InChI=1S/C22H21ClN2O4/c1-28-13-19-21(22(26)27)20(14-29-2)25(24-19)18-5-3-4-16(12-18)7-6-15-8-10-17(23)11-9-15/h3-12H,13-14H2,1-2H3,(H,26,27). The number of rotatable bonds is 8. The van der Waals surface area contributed by atoms with Gasteiger partial charge in [-0.3, -0.25) is 0 Å². The van der Waals surface area contributed by atoms with Crippen molar-refractivity contribution in [2.24, 2.45) is 0 Å². The molecular formula is C22H21ClN2O4. The molecule has 1 aromatic heterocycles. The molecule has 0 spiro atoms. The summed E-state index contributed by atoms with van der Waals surface area (Å²) in [4.78, 5) is 11.8. The largest absolute Gasteiger partial charge is 0.478 e. The van der Waals surface area contributed by atoms with Gasteiger partial charge in [-0.2, -0.15) is 5.10 Å². The Morgan fingerprint density at radius 1 is 1.07 bits per heavy atom. The normalized spacial score (nSPS) is 11.3. The van der Waals surface area contributed by atoms with Gasteiger partial charge in [0.25, 0.3) is 0 Å². The van der Waals surface area contributed by atoms with Gasteiger partial charge in [0.2, 0.25) is 0 Å². The topological polar surface area (TPSA) is 73.6 Å². The van der Waals surface area contributed by atoms with Gasteiger partial charge in [0.1, 0.15) is 11.3 Å². The smallest absolute Gasteiger partial charge is 0.339 e. The second-order valence-electron chi connectivity index (χ2n) is 6.33. The molecule has 0 aliphatic heterocycles. The van der Waals surface area contributed by atoms with Crippen molar-refractivity contribution in [1.82, 2.24) is 9.78 Å². The van der Waals surface area contributed by atoms with Crippen LogP contribution in [0.1, 0.15) is 32.9 Å². The number of nitrogens with zero attached hydrogens (tertiary/aromatic N) is 2. The van der Waals surface area contributed by atoms with Crippen molar-refractivity contribution in [3.05, 3.63) is 81.6 Å². The summed E-state index contributed by atoms with van der Waals surface area (Å²) in [5.41, 5.74) is 3.63. The molecule has 7 heteroatoms. The van der Waals surface area contributed by atoms with Gasteiger partial charge < -0.3 is 14.6 Å². The number of carboxylic acids is 1. The summed E-state index contributed by atoms with van der Waals surface area (Å²) in [7, 11) is 3.02. The number of benzene rings is 2. The van der Waals surface area contributed by atoms with E-state index in [0.29, 0.717) is 16.4 Å². The van der Waals surface area contributed by atoms with Crippen LogP contribution in [-0.2, 0) is 22.7 Å². The number of methoxy groups -OCH3 is 2. The molecule has 0 fully saturated rings. The Balaban J connectivity index is 2.00. The van der Waals surface area contributed by atoms with Crippen LogP contribution in [0.4, 0.5) is 0 Å². The van der Waals surface area contributed by atoms with Crippen LogP contribution in [0.15, 0.2) is 48.5 Å². The summed E-state index contributed by atoms with van der Waals surface area (Å²) >= 11 is 5.92. The second kappa shape index (κ2) is 9.52. The summed E-state index contributed by atoms with van der Waals surface area (Å²) in [5.74, 6) is -1.06. The fraction of sp³-hybridized carbons (Fsp3) is 0.182. The van der Waals surface area contributed by atoms with Crippen LogP contribution in [0.3, 0.4) is 0 Å². The first-order chi connectivity index (χ1) is 14.0. The number of carbonyl (C=O) groups is 1. The predicted molar refractivity (Wildman–Crippen MR) is 112 cm³/mol. The fourth-order valence-electron chi connectivity index (χ4n) is 3.00. The molecule has 6 nitrogen and oxygen atoms in total. The van der Waals surface area contributed by atoms with Crippen molar-refractivity contribution in [2.75, 3.05) is 14.2 Å².